The summed E-state index contributed by atoms with van der Waals surface area (Å²) >= 11 is 0. The minimum absolute atomic E-state index is 0.499. The third kappa shape index (κ3) is 4.11. The molecule has 0 bridgehead atoms. The third-order valence-corrected chi connectivity index (χ3v) is 5.39. The van der Waals surface area contributed by atoms with Crippen LogP contribution in [0.4, 0.5) is 0 Å². The summed E-state index contributed by atoms with van der Waals surface area (Å²) in [6.45, 7) is 5.43. The van der Waals surface area contributed by atoms with Gasteiger partial charge in [-0.25, -0.2) is 0 Å². The van der Waals surface area contributed by atoms with Gasteiger partial charge in [0, 0.05) is 69.3 Å². The van der Waals surface area contributed by atoms with Crippen molar-refractivity contribution >= 4 is 0 Å². The van der Waals surface area contributed by atoms with E-state index in [1.165, 1.54) is 11.3 Å². The van der Waals surface area contributed by atoms with Gasteiger partial charge in [-0.3, -0.25) is 9.88 Å². The summed E-state index contributed by atoms with van der Waals surface area (Å²) in [5, 5.41) is 0. The maximum Gasteiger partial charge on any atom is 0.0717 e. The molecule has 1 unspecified atom stereocenters. The predicted octanol–water partition coefficient (Wildman–Crippen LogP) is 3.03. The number of hydrogen-bond acceptors (Lipinski definition) is 4. The molecule has 134 valence electrons. The highest BCUT2D eigenvalue weighted by atomic mass is 16.5. The van der Waals surface area contributed by atoms with Crippen LogP contribution in [0.5, 0.6) is 0 Å². The molecule has 4 heterocycles. The van der Waals surface area contributed by atoms with E-state index in [1.54, 1.807) is 0 Å². The predicted molar refractivity (Wildman–Crippen MR) is 96.2 cm³/mol. The number of fused-ring (bicyclic) bond motifs is 1. The Kier molecular flexibility index (Phi) is 5.45. The molecule has 1 fully saturated rings. The van der Waals surface area contributed by atoms with Gasteiger partial charge >= 0.3 is 0 Å². The number of pyridine rings is 1. The van der Waals surface area contributed by atoms with Gasteiger partial charge in [0.15, 0.2) is 0 Å². The molecule has 0 N–H and O–H groups in total. The van der Waals surface area contributed by atoms with Gasteiger partial charge in [-0.15, -0.1) is 0 Å². The van der Waals surface area contributed by atoms with E-state index in [9.17, 15) is 0 Å². The fourth-order valence-corrected chi connectivity index (χ4v) is 4.00. The summed E-state index contributed by atoms with van der Waals surface area (Å²) in [6.07, 6.45) is 9.23. The van der Waals surface area contributed by atoms with Crippen molar-refractivity contribution in [3.8, 4) is 0 Å². The van der Waals surface area contributed by atoms with Gasteiger partial charge in [0.2, 0.25) is 0 Å². The molecule has 2 aromatic rings. The SMILES string of the molecule is c1cc2n(c1)C(CCOCc1ccncc1)CN(C1CCOCC1)C2. The van der Waals surface area contributed by atoms with Crippen molar-refractivity contribution in [2.45, 2.75) is 44.5 Å². The molecular weight excluding hydrogens is 314 g/mol. The van der Waals surface area contributed by atoms with Crippen LogP contribution in [0, 0.1) is 0 Å². The molecule has 2 aliphatic rings. The first kappa shape index (κ1) is 16.8. The smallest absolute Gasteiger partial charge is 0.0717 e. The second-order valence-corrected chi connectivity index (χ2v) is 7.03. The van der Waals surface area contributed by atoms with E-state index in [4.69, 9.17) is 9.47 Å². The molecule has 0 spiro atoms. The molecule has 0 aromatic carbocycles. The normalized spacial score (nSPS) is 22.0. The first-order chi connectivity index (χ1) is 12.4. The molecule has 5 nitrogen and oxygen atoms in total. The van der Waals surface area contributed by atoms with E-state index in [-0.39, 0.29) is 0 Å². The van der Waals surface area contributed by atoms with Crippen molar-refractivity contribution in [2.75, 3.05) is 26.4 Å². The topological polar surface area (TPSA) is 39.5 Å². The fourth-order valence-electron chi connectivity index (χ4n) is 4.00. The van der Waals surface area contributed by atoms with E-state index in [2.05, 4.69) is 32.8 Å². The van der Waals surface area contributed by atoms with Crippen molar-refractivity contribution in [1.29, 1.82) is 0 Å². The minimum atomic E-state index is 0.499. The Bertz CT molecular complexity index is 652. The van der Waals surface area contributed by atoms with E-state index in [0.717, 1.165) is 52.2 Å². The standard InChI is InChI=1S/C20H27N3O2/c1-2-19-14-22(18-5-11-24-12-6-18)15-20(23(19)10-1)7-13-25-16-17-3-8-21-9-4-17/h1-4,8-10,18,20H,5-7,11-16H2. The van der Waals surface area contributed by atoms with Crippen LogP contribution in [0.3, 0.4) is 0 Å². The molecular formula is C20H27N3O2. The quantitative estimate of drug-likeness (QED) is 0.757. The van der Waals surface area contributed by atoms with Gasteiger partial charge in [-0.2, -0.15) is 0 Å². The molecule has 2 aromatic heterocycles. The lowest BCUT2D eigenvalue weighted by molar-refractivity contribution is 0.0136. The van der Waals surface area contributed by atoms with Gasteiger partial charge in [0.25, 0.3) is 0 Å². The first-order valence-electron chi connectivity index (χ1n) is 9.34. The van der Waals surface area contributed by atoms with Crippen molar-refractivity contribution in [1.82, 2.24) is 14.5 Å². The summed E-state index contributed by atoms with van der Waals surface area (Å²) in [6, 6.07) is 9.62. The Labute approximate surface area is 149 Å². The van der Waals surface area contributed by atoms with E-state index >= 15 is 0 Å². The Morgan fingerprint density at radius 2 is 2.00 bits per heavy atom. The van der Waals surface area contributed by atoms with Crippen LogP contribution >= 0.6 is 0 Å². The average Bonchev–Trinajstić information content (AvgIpc) is 3.15. The second kappa shape index (κ2) is 8.13. The lowest BCUT2D eigenvalue weighted by Crippen LogP contribution is -2.45. The van der Waals surface area contributed by atoms with Crippen LogP contribution in [0.1, 0.15) is 36.6 Å². The van der Waals surface area contributed by atoms with Crippen LogP contribution in [-0.2, 0) is 22.6 Å². The Balaban J connectivity index is 1.33. The number of nitrogens with zero attached hydrogens (tertiary/aromatic N) is 3. The van der Waals surface area contributed by atoms with Crippen molar-refractivity contribution in [3.63, 3.8) is 0 Å². The maximum absolute atomic E-state index is 5.92. The molecule has 0 amide bonds. The summed E-state index contributed by atoms with van der Waals surface area (Å²) in [4.78, 5) is 6.70. The van der Waals surface area contributed by atoms with Crippen LogP contribution in [-0.4, -0.2) is 46.9 Å². The fraction of sp³-hybridized carbons (Fsp3) is 0.550. The molecule has 5 heteroatoms. The van der Waals surface area contributed by atoms with Crippen molar-refractivity contribution in [3.05, 3.63) is 54.1 Å². The Hall–Kier alpha value is -1.69. The van der Waals surface area contributed by atoms with Gasteiger partial charge in [0.05, 0.1) is 6.61 Å². The van der Waals surface area contributed by atoms with Crippen LogP contribution in [0.2, 0.25) is 0 Å². The van der Waals surface area contributed by atoms with E-state index < -0.39 is 0 Å². The summed E-state index contributed by atoms with van der Waals surface area (Å²) < 4.78 is 13.9. The van der Waals surface area contributed by atoms with E-state index in [1.807, 2.05) is 24.5 Å². The number of rotatable bonds is 6. The van der Waals surface area contributed by atoms with Crippen LogP contribution < -0.4 is 0 Å². The lowest BCUT2D eigenvalue weighted by Gasteiger charge is -2.41. The van der Waals surface area contributed by atoms with Crippen LogP contribution in [0.25, 0.3) is 0 Å². The second-order valence-electron chi connectivity index (χ2n) is 7.03. The van der Waals surface area contributed by atoms with Gasteiger partial charge in [-0.05, 0) is 49.1 Å². The van der Waals surface area contributed by atoms with Crippen molar-refractivity contribution < 1.29 is 9.47 Å². The third-order valence-electron chi connectivity index (χ3n) is 5.39. The summed E-state index contributed by atoms with van der Waals surface area (Å²) in [5.74, 6) is 0. The number of hydrogen-bond donors (Lipinski definition) is 0. The summed E-state index contributed by atoms with van der Waals surface area (Å²) in [7, 11) is 0. The molecule has 0 radical (unpaired) electrons. The minimum Gasteiger partial charge on any atom is -0.381 e. The first-order valence-corrected chi connectivity index (χ1v) is 9.34. The van der Waals surface area contributed by atoms with E-state index in [0.29, 0.717) is 18.7 Å². The monoisotopic (exact) mass is 341 g/mol. The molecule has 25 heavy (non-hydrogen) atoms. The Morgan fingerprint density at radius 3 is 2.84 bits per heavy atom. The highest BCUT2D eigenvalue weighted by Gasteiger charge is 2.29. The average molecular weight is 341 g/mol. The number of ether oxygens (including phenoxy) is 2. The molecule has 2 aliphatic heterocycles. The highest BCUT2D eigenvalue weighted by Crippen LogP contribution is 2.28. The zero-order chi connectivity index (χ0) is 16.9. The molecule has 1 atom stereocenters. The lowest BCUT2D eigenvalue weighted by atomic mass is 10.0. The molecule has 0 aliphatic carbocycles. The van der Waals surface area contributed by atoms with Gasteiger partial charge in [0.1, 0.15) is 0 Å². The zero-order valence-corrected chi connectivity index (χ0v) is 14.7. The van der Waals surface area contributed by atoms with Gasteiger partial charge < -0.3 is 14.0 Å². The Morgan fingerprint density at radius 1 is 1.16 bits per heavy atom. The maximum atomic E-state index is 5.92. The molecule has 1 saturated heterocycles. The number of aromatic nitrogens is 2. The zero-order valence-electron chi connectivity index (χ0n) is 14.7. The van der Waals surface area contributed by atoms with Crippen LogP contribution in [0.15, 0.2) is 42.9 Å². The van der Waals surface area contributed by atoms with Crippen molar-refractivity contribution in [2.24, 2.45) is 0 Å². The largest absolute Gasteiger partial charge is 0.381 e. The highest BCUT2D eigenvalue weighted by molar-refractivity contribution is 5.12. The van der Waals surface area contributed by atoms with Gasteiger partial charge in [-0.1, -0.05) is 0 Å². The summed E-state index contributed by atoms with van der Waals surface area (Å²) in [5.41, 5.74) is 2.61. The molecule has 4 rings (SSSR count). The molecule has 0 saturated carbocycles.